The van der Waals surface area contributed by atoms with Crippen molar-refractivity contribution in [2.75, 3.05) is 18.9 Å². The lowest BCUT2D eigenvalue weighted by molar-refractivity contribution is -0.138. The summed E-state index contributed by atoms with van der Waals surface area (Å²) < 4.78 is 5.64. The predicted molar refractivity (Wildman–Crippen MR) is 128 cm³/mol. The van der Waals surface area contributed by atoms with E-state index in [2.05, 4.69) is 20.9 Å². The van der Waals surface area contributed by atoms with E-state index in [9.17, 15) is 19.2 Å². The van der Waals surface area contributed by atoms with Crippen LogP contribution in [0, 0.1) is 0 Å². The number of thioether (sulfide) groups is 1. The number of aromatic nitrogens is 1. The molecule has 1 saturated heterocycles. The normalized spacial score (nSPS) is 16.3. The molecule has 0 radical (unpaired) electrons. The third-order valence-electron chi connectivity index (χ3n) is 5.17. The maximum atomic E-state index is 12.8. The van der Waals surface area contributed by atoms with Crippen molar-refractivity contribution in [2.24, 2.45) is 0 Å². The molecule has 188 valence electrons. The van der Waals surface area contributed by atoms with E-state index >= 15 is 0 Å². The summed E-state index contributed by atoms with van der Waals surface area (Å²) in [5.41, 5.74) is 0.732. The Morgan fingerprint density at radius 1 is 1.12 bits per heavy atom. The highest BCUT2D eigenvalue weighted by atomic mass is 32.2. The first-order valence-electron chi connectivity index (χ1n) is 11.6. The second kappa shape index (κ2) is 16.0. The highest BCUT2D eigenvalue weighted by Gasteiger charge is 2.22. The Hall–Kier alpha value is -2.66. The fraction of sp³-hybridized carbons (Fsp3) is 0.609. The number of hydrogen-bond donors (Lipinski definition) is 4. The first kappa shape index (κ1) is 27.6. The Labute approximate surface area is 204 Å². The van der Waals surface area contributed by atoms with Gasteiger partial charge in [-0.25, -0.2) is 0 Å². The van der Waals surface area contributed by atoms with Gasteiger partial charge in [-0.2, -0.15) is 0 Å². The zero-order valence-electron chi connectivity index (χ0n) is 19.3. The maximum absolute atomic E-state index is 12.8. The van der Waals surface area contributed by atoms with Gasteiger partial charge in [0.2, 0.25) is 17.7 Å². The summed E-state index contributed by atoms with van der Waals surface area (Å²) in [5, 5.41) is 16.9. The molecule has 3 amide bonds. The standard InChI is InChI=1S/C23H34N4O6S/c28-19(10-11-21(30)31)25-13-5-2-8-18(23(32)26-15-17-7-1-4-12-24-17)27-20(29)16-34-22-9-3-6-14-33-22/h1,4,7,12,18,22H,2-3,5-6,8-11,13-16H2,(H,25,28)(H,26,32)(H,27,29)(H,30,31). The molecule has 1 aliphatic heterocycles. The second-order valence-corrected chi connectivity index (χ2v) is 9.15. The van der Waals surface area contributed by atoms with Crippen LogP contribution in [-0.4, -0.2) is 64.2 Å². The number of rotatable bonds is 15. The van der Waals surface area contributed by atoms with Crippen LogP contribution < -0.4 is 16.0 Å². The lowest BCUT2D eigenvalue weighted by Crippen LogP contribution is -2.47. The second-order valence-electron chi connectivity index (χ2n) is 8.01. The van der Waals surface area contributed by atoms with Crippen molar-refractivity contribution in [3.63, 3.8) is 0 Å². The molecule has 0 aromatic carbocycles. The number of amides is 3. The van der Waals surface area contributed by atoms with Crippen molar-refractivity contribution in [3.8, 4) is 0 Å². The number of hydrogen-bond acceptors (Lipinski definition) is 7. The van der Waals surface area contributed by atoms with Gasteiger partial charge in [0.05, 0.1) is 24.4 Å². The van der Waals surface area contributed by atoms with E-state index in [1.165, 1.54) is 11.8 Å². The monoisotopic (exact) mass is 494 g/mol. The van der Waals surface area contributed by atoms with Crippen molar-refractivity contribution in [1.82, 2.24) is 20.9 Å². The Balaban J connectivity index is 1.78. The Morgan fingerprint density at radius 3 is 2.68 bits per heavy atom. The molecule has 2 atom stereocenters. The maximum Gasteiger partial charge on any atom is 0.303 e. The molecule has 10 nitrogen and oxygen atoms in total. The van der Waals surface area contributed by atoms with Gasteiger partial charge in [0.15, 0.2) is 0 Å². The van der Waals surface area contributed by atoms with Crippen molar-refractivity contribution < 1.29 is 29.0 Å². The summed E-state index contributed by atoms with van der Waals surface area (Å²) in [5.74, 6) is -1.63. The van der Waals surface area contributed by atoms with Gasteiger partial charge in [-0.05, 0) is 50.7 Å². The van der Waals surface area contributed by atoms with Crippen LogP contribution in [0.3, 0.4) is 0 Å². The number of nitrogens with zero attached hydrogens (tertiary/aromatic N) is 1. The van der Waals surface area contributed by atoms with Gasteiger partial charge in [0.1, 0.15) is 11.5 Å². The number of carboxylic acids is 1. The van der Waals surface area contributed by atoms with Crippen LogP contribution in [0.25, 0.3) is 0 Å². The summed E-state index contributed by atoms with van der Waals surface area (Å²) >= 11 is 1.45. The molecular formula is C23H34N4O6S. The van der Waals surface area contributed by atoms with Crippen LogP contribution in [0.15, 0.2) is 24.4 Å². The van der Waals surface area contributed by atoms with E-state index in [-0.39, 0.29) is 48.3 Å². The van der Waals surface area contributed by atoms with E-state index in [4.69, 9.17) is 9.84 Å². The molecule has 4 N–H and O–H groups in total. The zero-order chi connectivity index (χ0) is 24.6. The smallest absolute Gasteiger partial charge is 0.303 e. The third kappa shape index (κ3) is 12.0. The fourth-order valence-electron chi connectivity index (χ4n) is 3.33. The van der Waals surface area contributed by atoms with Crippen LogP contribution >= 0.6 is 11.8 Å². The number of pyridine rings is 1. The lowest BCUT2D eigenvalue weighted by atomic mass is 10.1. The molecule has 2 rings (SSSR count). The summed E-state index contributed by atoms with van der Waals surface area (Å²) in [6.45, 7) is 1.35. The molecule has 2 heterocycles. The molecule has 0 spiro atoms. The Bertz CT molecular complexity index is 789. The minimum absolute atomic E-state index is 0.0145. The Morgan fingerprint density at radius 2 is 1.97 bits per heavy atom. The summed E-state index contributed by atoms with van der Waals surface area (Å²) in [6.07, 6.45) is 6.04. The molecule has 1 fully saturated rings. The number of unbranched alkanes of at least 4 members (excludes halogenated alkanes) is 1. The van der Waals surface area contributed by atoms with Gasteiger partial charge in [-0.3, -0.25) is 24.2 Å². The third-order valence-corrected chi connectivity index (χ3v) is 6.34. The van der Waals surface area contributed by atoms with E-state index < -0.39 is 12.0 Å². The van der Waals surface area contributed by atoms with Crippen molar-refractivity contribution in [2.45, 2.75) is 69.4 Å². The molecular weight excluding hydrogens is 460 g/mol. The van der Waals surface area contributed by atoms with Gasteiger partial charge < -0.3 is 25.8 Å². The van der Waals surface area contributed by atoms with Crippen LogP contribution in [0.5, 0.6) is 0 Å². The SMILES string of the molecule is O=C(O)CCC(=O)NCCCCC(NC(=O)CSC1CCCCO1)C(=O)NCc1ccccn1. The molecule has 2 unspecified atom stereocenters. The minimum atomic E-state index is -1.02. The number of carboxylic acid groups (broad SMARTS) is 1. The summed E-state index contributed by atoms with van der Waals surface area (Å²) in [4.78, 5) is 51.6. The number of carbonyl (C=O) groups is 4. The summed E-state index contributed by atoms with van der Waals surface area (Å²) in [7, 11) is 0. The summed E-state index contributed by atoms with van der Waals surface area (Å²) in [6, 6.07) is 4.74. The van der Waals surface area contributed by atoms with Gasteiger partial charge in [-0.1, -0.05) is 6.07 Å². The molecule has 0 saturated carbocycles. The van der Waals surface area contributed by atoms with E-state index in [0.29, 0.717) is 32.4 Å². The highest BCUT2D eigenvalue weighted by molar-refractivity contribution is 8.00. The Kier molecular flexibility index (Phi) is 13.0. The van der Waals surface area contributed by atoms with Crippen LogP contribution in [0.1, 0.15) is 57.1 Å². The van der Waals surface area contributed by atoms with Crippen molar-refractivity contribution in [3.05, 3.63) is 30.1 Å². The molecule has 34 heavy (non-hydrogen) atoms. The number of carbonyl (C=O) groups excluding carboxylic acids is 3. The minimum Gasteiger partial charge on any atom is -0.481 e. The van der Waals surface area contributed by atoms with Crippen molar-refractivity contribution >= 4 is 35.5 Å². The molecule has 1 aliphatic rings. The molecule has 0 bridgehead atoms. The number of aliphatic carboxylic acids is 1. The molecule has 1 aromatic rings. The van der Waals surface area contributed by atoms with Crippen LogP contribution in [0.4, 0.5) is 0 Å². The number of ether oxygens (including phenoxy) is 1. The number of nitrogens with one attached hydrogen (secondary N) is 3. The van der Waals surface area contributed by atoms with Crippen LogP contribution in [0.2, 0.25) is 0 Å². The fourth-order valence-corrected chi connectivity index (χ4v) is 4.28. The average Bonchev–Trinajstić information content (AvgIpc) is 2.85. The predicted octanol–water partition coefficient (Wildman–Crippen LogP) is 1.59. The molecule has 11 heteroatoms. The van der Waals surface area contributed by atoms with Crippen LogP contribution in [-0.2, 0) is 30.5 Å². The topological polar surface area (TPSA) is 147 Å². The van der Waals surface area contributed by atoms with E-state index in [1.807, 2.05) is 12.1 Å². The van der Waals surface area contributed by atoms with E-state index in [1.54, 1.807) is 12.3 Å². The molecule has 0 aliphatic carbocycles. The quantitative estimate of drug-likeness (QED) is 0.269. The van der Waals surface area contributed by atoms with Gasteiger partial charge in [0.25, 0.3) is 0 Å². The van der Waals surface area contributed by atoms with Gasteiger partial charge >= 0.3 is 5.97 Å². The molecule has 1 aromatic heterocycles. The van der Waals surface area contributed by atoms with Gasteiger partial charge in [0, 0.05) is 25.8 Å². The van der Waals surface area contributed by atoms with E-state index in [0.717, 1.165) is 25.0 Å². The highest BCUT2D eigenvalue weighted by Crippen LogP contribution is 2.23. The lowest BCUT2D eigenvalue weighted by Gasteiger charge is -2.22. The average molecular weight is 495 g/mol. The first-order chi connectivity index (χ1) is 16.4. The van der Waals surface area contributed by atoms with Gasteiger partial charge in [-0.15, -0.1) is 11.8 Å². The first-order valence-corrected chi connectivity index (χ1v) is 12.7. The zero-order valence-corrected chi connectivity index (χ0v) is 20.1. The van der Waals surface area contributed by atoms with Crippen molar-refractivity contribution in [1.29, 1.82) is 0 Å². The largest absolute Gasteiger partial charge is 0.481 e.